The number of nitrogens with zero attached hydrogens (tertiary/aromatic N) is 2. The van der Waals surface area contributed by atoms with Gasteiger partial charge in [0.2, 0.25) is 5.91 Å². The Morgan fingerprint density at radius 1 is 1.21 bits per heavy atom. The number of rotatable bonds is 3. The summed E-state index contributed by atoms with van der Waals surface area (Å²) in [5.74, 6) is 0.0281. The van der Waals surface area contributed by atoms with Gasteiger partial charge in [-0.05, 0) is 31.2 Å². The summed E-state index contributed by atoms with van der Waals surface area (Å²) in [5.41, 5.74) is 1.33. The second kappa shape index (κ2) is 6.80. The molecule has 4 rings (SSSR count). The third kappa shape index (κ3) is 3.20. The number of hydrogen-bond acceptors (Lipinski definition) is 5. The van der Waals surface area contributed by atoms with Gasteiger partial charge in [0.1, 0.15) is 5.75 Å². The van der Waals surface area contributed by atoms with Crippen LogP contribution in [0.25, 0.3) is 10.8 Å². The molecule has 142 valence electrons. The number of fused-ring (bicyclic) bond motifs is 2. The van der Waals surface area contributed by atoms with Gasteiger partial charge in [0.15, 0.2) is 6.10 Å². The number of ether oxygens (including phenoxy) is 1. The summed E-state index contributed by atoms with van der Waals surface area (Å²) >= 11 is 0. The van der Waals surface area contributed by atoms with Crippen LogP contribution in [0.4, 0.5) is 11.4 Å². The lowest BCUT2D eigenvalue weighted by molar-refractivity contribution is -0.122. The van der Waals surface area contributed by atoms with Gasteiger partial charge in [0, 0.05) is 18.1 Å². The SMILES string of the molecule is C[C@H]1Oc2ccc(NC(=O)Cc3nn(C)c(=O)c4ccccc34)cc2NC1=O. The van der Waals surface area contributed by atoms with Crippen LogP contribution >= 0.6 is 0 Å². The van der Waals surface area contributed by atoms with E-state index in [-0.39, 0.29) is 23.8 Å². The van der Waals surface area contributed by atoms with E-state index in [1.54, 1.807) is 56.4 Å². The molecule has 0 bridgehead atoms. The van der Waals surface area contributed by atoms with Crippen molar-refractivity contribution in [3.63, 3.8) is 0 Å². The molecule has 0 radical (unpaired) electrons. The molecule has 0 saturated carbocycles. The standard InChI is InChI=1S/C20H18N4O4/c1-11-19(26)22-16-9-12(7-8-17(16)28-11)21-18(25)10-15-13-5-3-4-6-14(13)20(27)24(2)23-15/h3-9,11H,10H2,1-2H3,(H,21,25)(H,22,26)/t11-/m1/s1. The lowest BCUT2D eigenvalue weighted by atomic mass is 10.1. The van der Waals surface area contributed by atoms with Crippen molar-refractivity contribution in [2.24, 2.45) is 7.05 Å². The van der Waals surface area contributed by atoms with Gasteiger partial charge in [0.25, 0.3) is 11.5 Å². The fraction of sp³-hybridized carbons (Fsp3) is 0.200. The molecule has 8 nitrogen and oxygen atoms in total. The second-order valence-electron chi connectivity index (χ2n) is 6.61. The van der Waals surface area contributed by atoms with E-state index >= 15 is 0 Å². The van der Waals surface area contributed by atoms with E-state index in [1.165, 1.54) is 4.68 Å². The minimum absolute atomic E-state index is 0.00557. The first-order valence-corrected chi connectivity index (χ1v) is 8.79. The Hall–Kier alpha value is -3.68. The van der Waals surface area contributed by atoms with E-state index in [1.807, 2.05) is 0 Å². The quantitative estimate of drug-likeness (QED) is 0.724. The van der Waals surface area contributed by atoms with Crippen molar-refractivity contribution >= 4 is 34.0 Å². The molecule has 2 N–H and O–H groups in total. The average Bonchev–Trinajstić information content (AvgIpc) is 2.67. The largest absolute Gasteiger partial charge is 0.479 e. The highest BCUT2D eigenvalue weighted by molar-refractivity contribution is 6.00. The van der Waals surface area contributed by atoms with Crippen molar-refractivity contribution in [2.45, 2.75) is 19.4 Å². The van der Waals surface area contributed by atoms with Crippen LogP contribution in [0.3, 0.4) is 0 Å². The van der Waals surface area contributed by atoms with Gasteiger partial charge >= 0.3 is 0 Å². The van der Waals surface area contributed by atoms with Gasteiger partial charge in [-0.2, -0.15) is 5.10 Å². The predicted octanol–water partition coefficient (Wildman–Crippen LogP) is 1.83. The monoisotopic (exact) mass is 378 g/mol. The number of benzene rings is 2. The van der Waals surface area contributed by atoms with Gasteiger partial charge in [-0.1, -0.05) is 18.2 Å². The topological polar surface area (TPSA) is 102 Å². The van der Waals surface area contributed by atoms with Gasteiger partial charge in [-0.3, -0.25) is 14.4 Å². The van der Waals surface area contributed by atoms with Gasteiger partial charge in [-0.15, -0.1) is 0 Å². The Morgan fingerprint density at radius 3 is 2.75 bits per heavy atom. The number of amides is 2. The highest BCUT2D eigenvalue weighted by Gasteiger charge is 2.23. The molecule has 28 heavy (non-hydrogen) atoms. The molecule has 1 aliphatic heterocycles. The first kappa shape index (κ1) is 17.7. The van der Waals surface area contributed by atoms with E-state index in [0.29, 0.717) is 33.6 Å². The molecule has 2 aromatic carbocycles. The highest BCUT2D eigenvalue weighted by Crippen LogP contribution is 2.32. The summed E-state index contributed by atoms with van der Waals surface area (Å²) in [6.07, 6.45) is -0.553. The molecule has 8 heteroatoms. The number of anilines is 2. The maximum Gasteiger partial charge on any atom is 0.274 e. The average molecular weight is 378 g/mol. The molecular formula is C20H18N4O4. The van der Waals surface area contributed by atoms with Crippen molar-refractivity contribution in [3.8, 4) is 5.75 Å². The van der Waals surface area contributed by atoms with E-state index in [2.05, 4.69) is 15.7 Å². The summed E-state index contributed by atoms with van der Waals surface area (Å²) in [5, 5.41) is 10.9. The predicted molar refractivity (Wildman–Crippen MR) is 104 cm³/mol. The first-order valence-electron chi connectivity index (χ1n) is 8.79. The second-order valence-corrected chi connectivity index (χ2v) is 6.61. The number of aromatic nitrogens is 2. The van der Waals surface area contributed by atoms with E-state index < -0.39 is 6.10 Å². The number of nitrogens with one attached hydrogen (secondary N) is 2. The van der Waals surface area contributed by atoms with Crippen molar-refractivity contribution in [1.82, 2.24) is 9.78 Å². The molecule has 0 saturated heterocycles. The summed E-state index contributed by atoms with van der Waals surface area (Å²) < 4.78 is 6.74. The summed E-state index contributed by atoms with van der Waals surface area (Å²) in [4.78, 5) is 36.5. The van der Waals surface area contributed by atoms with Crippen LogP contribution in [0.2, 0.25) is 0 Å². The molecule has 0 fully saturated rings. The molecule has 3 aromatic rings. The van der Waals surface area contributed by atoms with Crippen molar-refractivity contribution in [3.05, 3.63) is 58.5 Å². The molecule has 0 unspecified atom stereocenters. The normalized spacial score (nSPS) is 15.5. The zero-order chi connectivity index (χ0) is 19.8. The van der Waals surface area contributed by atoms with E-state index in [9.17, 15) is 14.4 Å². The van der Waals surface area contributed by atoms with Crippen molar-refractivity contribution < 1.29 is 14.3 Å². The Morgan fingerprint density at radius 2 is 1.96 bits per heavy atom. The zero-order valence-corrected chi connectivity index (χ0v) is 15.4. The van der Waals surface area contributed by atoms with Crippen LogP contribution in [-0.2, 0) is 23.1 Å². The Balaban J connectivity index is 1.57. The first-order chi connectivity index (χ1) is 13.4. The summed E-state index contributed by atoms with van der Waals surface area (Å²) in [6, 6.07) is 12.1. The van der Waals surface area contributed by atoms with Gasteiger partial charge in [-0.25, -0.2) is 4.68 Å². The molecule has 2 amide bonds. The number of carbonyl (C=O) groups excluding carboxylic acids is 2. The highest BCUT2D eigenvalue weighted by atomic mass is 16.5. The Labute approximate surface area is 160 Å². The minimum Gasteiger partial charge on any atom is -0.479 e. The minimum atomic E-state index is -0.558. The van der Waals surface area contributed by atoms with Crippen LogP contribution in [0, 0.1) is 0 Å². The van der Waals surface area contributed by atoms with Gasteiger partial charge in [0.05, 0.1) is 23.2 Å². The van der Waals surface area contributed by atoms with Crippen LogP contribution in [0.5, 0.6) is 5.75 Å². The fourth-order valence-corrected chi connectivity index (χ4v) is 3.15. The van der Waals surface area contributed by atoms with Gasteiger partial charge < -0.3 is 15.4 Å². The zero-order valence-electron chi connectivity index (χ0n) is 15.4. The number of hydrogen-bond donors (Lipinski definition) is 2. The Kier molecular flexibility index (Phi) is 4.31. The number of carbonyl (C=O) groups is 2. The number of aryl methyl sites for hydroxylation is 1. The van der Waals surface area contributed by atoms with Crippen LogP contribution in [0.1, 0.15) is 12.6 Å². The molecule has 2 heterocycles. The molecule has 0 aliphatic carbocycles. The Bertz CT molecular complexity index is 1170. The van der Waals surface area contributed by atoms with Crippen molar-refractivity contribution in [2.75, 3.05) is 10.6 Å². The lowest BCUT2D eigenvalue weighted by Crippen LogP contribution is -2.34. The van der Waals surface area contributed by atoms with E-state index in [0.717, 1.165) is 0 Å². The maximum atomic E-state index is 12.5. The lowest BCUT2D eigenvalue weighted by Gasteiger charge is -2.23. The van der Waals surface area contributed by atoms with E-state index in [4.69, 9.17) is 4.74 Å². The molecule has 1 atom stereocenters. The third-order valence-electron chi connectivity index (χ3n) is 4.56. The van der Waals surface area contributed by atoms with Crippen LogP contribution in [-0.4, -0.2) is 27.7 Å². The smallest absolute Gasteiger partial charge is 0.274 e. The fourth-order valence-electron chi connectivity index (χ4n) is 3.15. The summed E-state index contributed by atoms with van der Waals surface area (Å²) in [7, 11) is 1.56. The molecular weight excluding hydrogens is 360 g/mol. The van der Waals surface area contributed by atoms with Crippen LogP contribution in [0.15, 0.2) is 47.3 Å². The molecule has 0 spiro atoms. The van der Waals surface area contributed by atoms with Crippen LogP contribution < -0.4 is 20.9 Å². The van der Waals surface area contributed by atoms with Crippen molar-refractivity contribution in [1.29, 1.82) is 0 Å². The summed E-state index contributed by atoms with van der Waals surface area (Å²) in [6.45, 7) is 1.67. The third-order valence-corrected chi connectivity index (χ3v) is 4.56. The molecule has 1 aliphatic rings. The molecule has 1 aromatic heterocycles. The maximum absolute atomic E-state index is 12.5.